The second kappa shape index (κ2) is 5.87. The van der Waals surface area contributed by atoms with E-state index in [1.54, 1.807) is 0 Å². The summed E-state index contributed by atoms with van der Waals surface area (Å²) < 4.78 is 0. The second-order valence-corrected chi connectivity index (χ2v) is 4.25. The van der Waals surface area contributed by atoms with Gasteiger partial charge >= 0.3 is 5.69 Å². The van der Waals surface area contributed by atoms with E-state index in [9.17, 15) is 20.0 Å². The van der Waals surface area contributed by atoms with Crippen molar-refractivity contribution < 1.29 is 19.9 Å². The van der Waals surface area contributed by atoms with Gasteiger partial charge in [-0.25, -0.2) is 0 Å². The van der Waals surface area contributed by atoms with E-state index in [0.29, 0.717) is 11.1 Å². The minimum Gasteiger partial charge on any atom is -0.508 e. The lowest BCUT2D eigenvalue weighted by molar-refractivity contribution is -0.385. The molecule has 0 aromatic heterocycles. The third-order valence-electron chi connectivity index (χ3n) is 2.78. The van der Waals surface area contributed by atoms with Crippen molar-refractivity contribution in [2.24, 2.45) is 0 Å². The van der Waals surface area contributed by atoms with E-state index in [-0.39, 0.29) is 11.5 Å². The molecular formula is C15H11NO5. The Kier molecular flexibility index (Phi) is 3.99. The Labute approximate surface area is 119 Å². The van der Waals surface area contributed by atoms with Crippen LogP contribution in [0.5, 0.6) is 11.5 Å². The van der Waals surface area contributed by atoms with Crippen molar-refractivity contribution in [2.45, 2.75) is 0 Å². The first kappa shape index (κ1) is 14.3. The molecule has 21 heavy (non-hydrogen) atoms. The highest BCUT2D eigenvalue weighted by molar-refractivity contribution is 6.06. The summed E-state index contributed by atoms with van der Waals surface area (Å²) in [7, 11) is 0. The lowest BCUT2D eigenvalue weighted by atomic mass is 10.1. The van der Waals surface area contributed by atoms with Gasteiger partial charge < -0.3 is 10.2 Å². The van der Waals surface area contributed by atoms with Gasteiger partial charge in [0.25, 0.3) is 0 Å². The van der Waals surface area contributed by atoms with Crippen LogP contribution in [0.1, 0.15) is 15.9 Å². The number of allylic oxidation sites excluding steroid dienone is 1. The fourth-order valence-corrected chi connectivity index (χ4v) is 1.68. The first-order valence-electron chi connectivity index (χ1n) is 5.96. The molecule has 0 aliphatic carbocycles. The van der Waals surface area contributed by atoms with Gasteiger partial charge in [-0.1, -0.05) is 12.1 Å². The molecule has 0 radical (unpaired) electrons. The van der Waals surface area contributed by atoms with Crippen LogP contribution in [0.4, 0.5) is 5.69 Å². The Morgan fingerprint density at radius 1 is 1.10 bits per heavy atom. The predicted molar refractivity (Wildman–Crippen MR) is 76.2 cm³/mol. The first-order chi connectivity index (χ1) is 9.97. The van der Waals surface area contributed by atoms with Gasteiger partial charge in [-0.15, -0.1) is 0 Å². The van der Waals surface area contributed by atoms with E-state index in [4.69, 9.17) is 5.11 Å². The number of aromatic hydroxyl groups is 2. The van der Waals surface area contributed by atoms with Gasteiger partial charge in [0.15, 0.2) is 11.5 Å². The van der Waals surface area contributed by atoms with Crippen molar-refractivity contribution in [3.05, 3.63) is 69.8 Å². The molecule has 0 atom stereocenters. The van der Waals surface area contributed by atoms with Crippen LogP contribution in [-0.4, -0.2) is 20.9 Å². The molecule has 0 spiro atoms. The quantitative estimate of drug-likeness (QED) is 0.389. The lowest BCUT2D eigenvalue weighted by Gasteiger charge is -1.98. The molecule has 0 saturated heterocycles. The lowest BCUT2D eigenvalue weighted by Crippen LogP contribution is -1.93. The molecule has 0 aliphatic rings. The van der Waals surface area contributed by atoms with Gasteiger partial charge in [0.1, 0.15) is 5.75 Å². The normalized spacial score (nSPS) is 10.7. The molecule has 0 bridgehead atoms. The number of nitrogens with zero attached hydrogens (tertiary/aromatic N) is 1. The van der Waals surface area contributed by atoms with Gasteiger partial charge in [-0.3, -0.25) is 14.9 Å². The number of carbonyl (C=O) groups excluding carboxylic acids is 1. The number of nitro benzene ring substituents is 1. The van der Waals surface area contributed by atoms with Gasteiger partial charge in [-0.05, 0) is 42.0 Å². The van der Waals surface area contributed by atoms with Crippen LogP contribution in [0.2, 0.25) is 0 Å². The molecule has 0 aliphatic heterocycles. The molecule has 2 N–H and O–H groups in total. The summed E-state index contributed by atoms with van der Waals surface area (Å²) in [5.41, 5.74) is 0.387. The van der Waals surface area contributed by atoms with Gasteiger partial charge in [0.2, 0.25) is 0 Å². The number of hydrogen-bond acceptors (Lipinski definition) is 5. The number of phenolic OH excluding ortho intramolecular Hbond substituents is 2. The molecule has 0 fully saturated rings. The van der Waals surface area contributed by atoms with Gasteiger partial charge in [0.05, 0.1) is 4.92 Å². The van der Waals surface area contributed by atoms with E-state index < -0.39 is 16.4 Å². The Balaban J connectivity index is 2.21. The summed E-state index contributed by atoms with van der Waals surface area (Å²) in [6.45, 7) is 0. The number of rotatable bonds is 4. The van der Waals surface area contributed by atoms with Crippen LogP contribution < -0.4 is 0 Å². The van der Waals surface area contributed by atoms with E-state index >= 15 is 0 Å². The topological polar surface area (TPSA) is 101 Å². The zero-order valence-electron chi connectivity index (χ0n) is 10.8. The zero-order chi connectivity index (χ0) is 15.4. The number of carbonyl (C=O) groups is 1. The molecular weight excluding hydrogens is 274 g/mol. The number of nitro groups is 1. The Hall–Kier alpha value is -3.15. The number of ketones is 1. The highest BCUT2D eigenvalue weighted by Gasteiger charge is 2.12. The van der Waals surface area contributed by atoms with Crippen molar-refractivity contribution in [1.82, 2.24) is 0 Å². The predicted octanol–water partition coefficient (Wildman–Crippen LogP) is 2.90. The maximum Gasteiger partial charge on any atom is 0.311 e. The molecule has 0 heterocycles. The highest BCUT2D eigenvalue weighted by Crippen LogP contribution is 2.26. The Morgan fingerprint density at radius 2 is 1.76 bits per heavy atom. The Morgan fingerprint density at radius 3 is 2.38 bits per heavy atom. The van der Waals surface area contributed by atoms with Crippen molar-refractivity contribution in [3.63, 3.8) is 0 Å². The molecule has 2 aromatic rings. The summed E-state index contributed by atoms with van der Waals surface area (Å²) in [5.74, 6) is -0.669. The zero-order valence-corrected chi connectivity index (χ0v) is 10.8. The fraction of sp³-hybridized carbons (Fsp3) is 0. The molecule has 0 amide bonds. The van der Waals surface area contributed by atoms with Crippen LogP contribution in [0.3, 0.4) is 0 Å². The van der Waals surface area contributed by atoms with Crippen LogP contribution in [0.15, 0.2) is 48.5 Å². The van der Waals surface area contributed by atoms with Crippen molar-refractivity contribution in [3.8, 4) is 11.5 Å². The summed E-state index contributed by atoms with van der Waals surface area (Å²) in [4.78, 5) is 21.9. The first-order valence-corrected chi connectivity index (χ1v) is 5.96. The van der Waals surface area contributed by atoms with Gasteiger partial charge in [0, 0.05) is 11.6 Å². The maximum atomic E-state index is 11.9. The SMILES string of the molecule is O=C(/C=C/c1ccc(O)c([N+](=O)[O-])c1)c1ccc(O)cc1. The van der Waals surface area contributed by atoms with Crippen LogP contribution in [-0.2, 0) is 0 Å². The Bertz CT molecular complexity index is 719. The van der Waals surface area contributed by atoms with Crippen molar-refractivity contribution in [2.75, 3.05) is 0 Å². The van der Waals surface area contributed by atoms with E-state index in [1.807, 2.05) is 0 Å². The third kappa shape index (κ3) is 3.44. The average molecular weight is 285 g/mol. The molecule has 0 saturated carbocycles. The van der Waals surface area contributed by atoms with E-state index in [2.05, 4.69) is 0 Å². The minimum atomic E-state index is -0.700. The largest absolute Gasteiger partial charge is 0.508 e. The summed E-state index contributed by atoms with van der Waals surface area (Å²) in [6, 6.07) is 9.57. The average Bonchev–Trinajstić information content (AvgIpc) is 2.46. The fourth-order valence-electron chi connectivity index (χ4n) is 1.68. The smallest absolute Gasteiger partial charge is 0.311 e. The number of benzene rings is 2. The third-order valence-corrected chi connectivity index (χ3v) is 2.78. The number of hydrogen-bond donors (Lipinski definition) is 2. The molecule has 6 heteroatoms. The van der Waals surface area contributed by atoms with Gasteiger partial charge in [-0.2, -0.15) is 0 Å². The second-order valence-electron chi connectivity index (χ2n) is 4.25. The molecule has 6 nitrogen and oxygen atoms in total. The maximum absolute atomic E-state index is 11.9. The van der Waals surface area contributed by atoms with Crippen molar-refractivity contribution >= 4 is 17.5 Å². The van der Waals surface area contributed by atoms with Crippen molar-refractivity contribution in [1.29, 1.82) is 0 Å². The minimum absolute atomic E-state index is 0.0599. The van der Waals surface area contributed by atoms with Crippen LogP contribution in [0, 0.1) is 10.1 Å². The summed E-state index contributed by atoms with van der Waals surface area (Å²) >= 11 is 0. The number of phenols is 2. The molecule has 2 rings (SSSR count). The molecule has 106 valence electrons. The molecule has 2 aromatic carbocycles. The highest BCUT2D eigenvalue weighted by atomic mass is 16.6. The van der Waals surface area contributed by atoms with E-state index in [0.717, 1.165) is 0 Å². The molecule has 0 unspecified atom stereocenters. The van der Waals surface area contributed by atoms with Crippen LogP contribution >= 0.6 is 0 Å². The van der Waals surface area contributed by atoms with E-state index in [1.165, 1.54) is 54.6 Å². The van der Waals surface area contributed by atoms with Crippen LogP contribution in [0.25, 0.3) is 6.08 Å². The summed E-state index contributed by atoms with van der Waals surface area (Å²) in [6.07, 6.45) is 2.68. The monoisotopic (exact) mass is 285 g/mol. The summed E-state index contributed by atoms with van der Waals surface area (Å²) in [5, 5.41) is 29.2. The standard InChI is InChI=1S/C15H11NO5/c17-12-5-3-11(4-6-12)14(18)7-1-10-2-8-15(19)13(9-10)16(20)21/h1-9,17,19H/b7-1+.